The van der Waals surface area contributed by atoms with Crippen molar-refractivity contribution in [3.63, 3.8) is 0 Å². The van der Waals surface area contributed by atoms with Gasteiger partial charge in [-0.2, -0.15) is 15.0 Å². The Kier molecular flexibility index (Phi) is 3.32. The number of hydrogen-bond donors (Lipinski definition) is 0. The van der Waals surface area contributed by atoms with Crippen LogP contribution in [0.2, 0.25) is 0 Å². The predicted octanol–water partition coefficient (Wildman–Crippen LogP) is 4.02. The van der Waals surface area contributed by atoms with Crippen molar-refractivity contribution in [3.8, 4) is 6.07 Å². The monoisotopic (exact) mass is 319 g/mol. The van der Waals surface area contributed by atoms with E-state index in [-0.39, 0.29) is 0 Å². The lowest BCUT2D eigenvalue weighted by atomic mass is 9.94. The molecule has 3 aromatic carbocycles. The normalized spacial score (nSPS) is 23.4. The van der Waals surface area contributed by atoms with Crippen molar-refractivity contribution >= 4 is 27.8 Å². The number of carbonyl (C=O) groups is 1. The molecule has 0 saturated carbocycles. The molecule has 0 spiro atoms. The van der Waals surface area contributed by atoms with Crippen molar-refractivity contribution in [1.29, 1.82) is 5.26 Å². The maximum Gasteiger partial charge on any atom is 0.289 e. The van der Waals surface area contributed by atoms with Crippen LogP contribution in [-0.2, 0) is 14.5 Å². The van der Waals surface area contributed by atoms with E-state index in [0.717, 1.165) is 27.8 Å². The molecular weight excluding hydrogens is 306 g/mol. The summed E-state index contributed by atoms with van der Waals surface area (Å²) in [6.45, 7) is 1.49. The van der Waals surface area contributed by atoms with E-state index in [1.54, 1.807) is 6.07 Å². The van der Waals surface area contributed by atoms with Crippen LogP contribution >= 0.6 is 0 Å². The number of fused-ring (bicyclic) bond motifs is 3. The molecule has 0 unspecified atom stereocenters. The third-order valence-corrected chi connectivity index (χ3v) is 4.16. The largest absolute Gasteiger partial charge is 0.299 e. The summed E-state index contributed by atoms with van der Waals surface area (Å²) in [5.74, 6) is -1.45. The van der Waals surface area contributed by atoms with Gasteiger partial charge in [-0.15, -0.1) is 0 Å². The van der Waals surface area contributed by atoms with E-state index < -0.39 is 12.1 Å². The van der Waals surface area contributed by atoms with Gasteiger partial charge in [-0.25, -0.2) is 0 Å². The first-order valence-corrected chi connectivity index (χ1v) is 7.48. The van der Waals surface area contributed by atoms with Gasteiger partial charge in [0.25, 0.3) is 5.79 Å². The van der Waals surface area contributed by atoms with Crippen LogP contribution in [0.25, 0.3) is 21.5 Å². The Labute approximate surface area is 137 Å². The molecule has 1 aliphatic heterocycles. The van der Waals surface area contributed by atoms with Gasteiger partial charge in [-0.05, 0) is 16.2 Å². The zero-order valence-corrected chi connectivity index (χ0v) is 12.9. The Bertz CT molecular complexity index is 1010. The van der Waals surface area contributed by atoms with E-state index in [9.17, 15) is 4.79 Å². The highest BCUT2D eigenvalue weighted by atomic mass is 17.3. The molecule has 0 bridgehead atoms. The second-order valence-corrected chi connectivity index (χ2v) is 5.76. The van der Waals surface area contributed by atoms with Gasteiger partial charge in [0.15, 0.2) is 6.29 Å². The van der Waals surface area contributed by atoms with Crippen molar-refractivity contribution in [3.05, 3.63) is 59.7 Å². The van der Waals surface area contributed by atoms with Crippen molar-refractivity contribution in [2.45, 2.75) is 19.0 Å². The molecule has 1 aliphatic rings. The standard InChI is InChI=1S/C19H13NO4/c1-19(11-20)22-18(23-24-19)15-7-3-5-13-9-8-12-4-2-6-14(10-21)16(12)17(13)15/h2-10,18H,1H3/t18-,19+/m0/s1. The summed E-state index contributed by atoms with van der Waals surface area (Å²) in [4.78, 5) is 21.8. The molecule has 0 aliphatic carbocycles. The van der Waals surface area contributed by atoms with Gasteiger partial charge in [-0.1, -0.05) is 48.5 Å². The maximum atomic E-state index is 11.5. The van der Waals surface area contributed by atoms with Crippen molar-refractivity contribution in [1.82, 2.24) is 0 Å². The van der Waals surface area contributed by atoms with Crippen LogP contribution < -0.4 is 0 Å². The number of nitriles is 1. The fourth-order valence-electron chi connectivity index (χ4n) is 3.05. The SMILES string of the molecule is C[C@]1(C#N)OO[C@@H](c2cccc3ccc4cccc(C=O)c4c23)O1. The fraction of sp³-hybridized carbons (Fsp3) is 0.158. The average molecular weight is 319 g/mol. The predicted molar refractivity (Wildman–Crippen MR) is 86.9 cm³/mol. The maximum absolute atomic E-state index is 11.5. The number of nitrogens with zero attached hydrogens (tertiary/aromatic N) is 1. The number of hydrogen-bond acceptors (Lipinski definition) is 5. The van der Waals surface area contributed by atoms with Crippen LogP contribution in [0.1, 0.15) is 29.1 Å². The summed E-state index contributed by atoms with van der Waals surface area (Å²) >= 11 is 0. The minimum Gasteiger partial charge on any atom is -0.299 e. The summed E-state index contributed by atoms with van der Waals surface area (Å²) in [6, 6.07) is 17.1. The van der Waals surface area contributed by atoms with E-state index in [2.05, 4.69) is 0 Å². The molecule has 1 fully saturated rings. The van der Waals surface area contributed by atoms with Gasteiger partial charge >= 0.3 is 0 Å². The molecular formula is C19H13NO4. The molecule has 24 heavy (non-hydrogen) atoms. The van der Waals surface area contributed by atoms with Crippen molar-refractivity contribution in [2.75, 3.05) is 0 Å². The summed E-state index contributed by atoms with van der Waals surface area (Å²) in [5, 5.41) is 12.7. The van der Waals surface area contributed by atoms with Gasteiger partial charge in [0.05, 0.1) is 0 Å². The van der Waals surface area contributed by atoms with Crippen LogP contribution in [0, 0.1) is 11.3 Å². The molecule has 2 atom stereocenters. The highest BCUT2D eigenvalue weighted by Crippen LogP contribution is 2.40. The molecule has 0 amide bonds. The zero-order chi connectivity index (χ0) is 16.7. The molecule has 5 nitrogen and oxygen atoms in total. The molecule has 1 saturated heterocycles. The van der Waals surface area contributed by atoms with Gasteiger partial charge in [0.2, 0.25) is 6.29 Å². The van der Waals surface area contributed by atoms with Crippen LogP contribution in [0.4, 0.5) is 0 Å². The van der Waals surface area contributed by atoms with Crippen LogP contribution in [0.3, 0.4) is 0 Å². The number of rotatable bonds is 2. The van der Waals surface area contributed by atoms with Gasteiger partial charge in [-0.3, -0.25) is 9.53 Å². The van der Waals surface area contributed by atoms with Gasteiger partial charge in [0.1, 0.15) is 6.07 Å². The quantitative estimate of drug-likeness (QED) is 0.405. The molecule has 118 valence electrons. The number of aldehydes is 1. The second kappa shape index (κ2) is 5.39. The molecule has 4 rings (SSSR count). The Morgan fingerprint density at radius 2 is 1.79 bits per heavy atom. The highest BCUT2D eigenvalue weighted by molar-refractivity contribution is 6.15. The van der Waals surface area contributed by atoms with Gasteiger partial charge in [0, 0.05) is 23.4 Å². The summed E-state index contributed by atoms with van der Waals surface area (Å²) in [6.07, 6.45) is -0.00573. The summed E-state index contributed by atoms with van der Waals surface area (Å²) < 4.78 is 5.62. The minimum atomic E-state index is -1.45. The van der Waals surface area contributed by atoms with Crippen LogP contribution in [0.5, 0.6) is 0 Å². The van der Waals surface area contributed by atoms with Crippen molar-refractivity contribution < 1.29 is 19.3 Å². The molecule has 5 heteroatoms. The fourth-order valence-corrected chi connectivity index (χ4v) is 3.05. The zero-order valence-electron chi connectivity index (χ0n) is 12.9. The highest BCUT2D eigenvalue weighted by Gasteiger charge is 2.41. The number of carbonyl (C=O) groups excluding carboxylic acids is 1. The van der Waals surface area contributed by atoms with E-state index in [4.69, 9.17) is 19.8 Å². The van der Waals surface area contributed by atoms with E-state index >= 15 is 0 Å². The number of ether oxygens (including phenoxy) is 1. The van der Waals surface area contributed by atoms with E-state index in [1.807, 2.05) is 48.5 Å². The third-order valence-electron chi connectivity index (χ3n) is 4.16. The third kappa shape index (κ3) is 2.17. The first-order valence-electron chi connectivity index (χ1n) is 7.48. The molecule has 1 heterocycles. The molecule has 0 aromatic heterocycles. The Morgan fingerprint density at radius 3 is 2.46 bits per heavy atom. The lowest BCUT2D eigenvalue weighted by Gasteiger charge is -2.15. The lowest BCUT2D eigenvalue weighted by molar-refractivity contribution is -0.312. The Balaban J connectivity index is 2.02. The van der Waals surface area contributed by atoms with E-state index in [0.29, 0.717) is 11.1 Å². The van der Waals surface area contributed by atoms with Gasteiger partial charge < -0.3 is 0 Å². The number of benzene rings is 3. The Hall–Kier alpha value is -2.78. The summed E-state index contributed by atoms with van der Waals surface area (Å²) in [5.41, 5.74) is 1.30. The second-order valence-electron chi connectivity index (χ2n) is 5.76. The first-order chi connectivity index (χ1) is 11.6. The average Bonchev–Trinajstić information content (AvgIpc) is 3.03. The minimum absolute atomic E-state index is 0.590. The Morgan fingerprint density at radius 1 is 1.08 bits per heavy atom. The smallest absolute Gasteiger partial charge is 0.289 e. The molecule has 3 aromatic rings. The molecule has 0 radical (unpaired) electrons. The lowest BCUT2D eigenvalue weighted by Crippen LogP contribution is -2.22. The van der Waals surface area contributed by atoms with Crippen LogP contribution in [-0.4, -0.2) is 12.1 Å². The van der Waals surface area contributed by atoms with E-state index in [1.165, 1.54) is 6.92 Å². The van der Waals surface area contributed by atoms with Crippen molar-refractivity contribution in [2.24, 2.45) is 0 Å². The molecule has 0 N–H and O–H groups in total. The topological polar surface area (TPSA) is 68.5 Å². The summed E-state index contributed by atoms with van der Waals surface area (Å²) in [7, 11) is 0. The van der Waals surface area contributed by atoms with Crippen LogP contribution in [0.15, 0.2) is 48.5 Å². The first kappa shape index (κ1) is 14.8.